The Kier molecular flexibility index (Phi) is 10.8. The quantitative estimate of drug-likeness (QED) is 0.240. The van der Waals surface area contributed by atoms with Crippen molar-refractivity contribution < 1.29 is 8.78 Å². The summed E-state index contributed by atoms with van der Waals surface area (Å²) in [6.45, 7) is 19.5. The fourth-order valence-corrected chi connectivity index (χ4v) is 8.11. The van der Waals surface area contributed by atoms with Gasteiger partial charge in [0.05, 0.1) is 6.04 Å². The molecule has 0 bridgehead atoms. The van der Waals surface area contributed by atoms with Gasteiger partial charge >= 0.3 is 0 Å². The van der Waals surface area contributed by atoms with Gasteiger partial charge in [-0.2, -0.15) is 0 Å². The zero-order valence-corrected chi connectivity index (χ0v) is 30.3. The van der Waals surface area contributed by atoms with Gasteiger partial charge in [-0.1, -0.05) is 122 Å². The first-order valence-electron chi connectivity index (χ1n) is 18.1. The zero-order valence-electron chi connectivity index (χ0n) is 30.3. The van der Waals surface area contributed by atoms with Crippen molar-refractivity contribution in [3.8, 4) is 0 Å². The molecule has 0 saturated carbocycles. The van der Waals surface area contributed by atoms with Gasteiger partial charge in [0.2, 0.25) is 0 Å². The van der Waals surface area contributed by atoms with Crippen LogP contribution in [0.4, 0.5) is 20.2 Å². The molecule has 0 saturated heterocycles. The molecule has 0 aromatic heterocycles. The molecule has 6 rings (SSSR count). The molecule has 254 valence electrons. The monoisotopic (exact) mass is 648 g/mol. The molecule has 1 aliphatic carbocycles. The van der Waals surface area contributed by atoms with Gasteiger partial charge in [0.15, 0.2) is 11.6 Å². The van der Waals surface area contributed by atoms with Gasteiger partial charge in [0, 0.05) is 46.6 Å². The molecule has 2 nitrogen and oxygen atoms in total. The highest BCUT2D eigenvalue weighted by molar-refractivity contribution is 5.85. The molecule has 3 aromatic rings. The number of para-hydroxylation sites is 2. The van der Waals surface area contributed by atoms with E-state index in [0.717, 1.165) is 61.9 Å². The molecule has 0 N–H and O–H groups in total. The van der Waals surface area contributed by atoms with Crippen LogP contribution in [-0.2, 0) is 10.8 Å². The molecule has 2 heterocycles. The van der Waals surface area contributed by atoms with Crippen LogP contribution in [0.25, 0.3) is 5.57 Å². The fourth-order valence-electron chi connectivity index (χ4n) is 8.11. The lowest BCUT2D eigenvalue weighted by atomic mass is 9.79. The summed E-state index contributed by atoms with van der Waals surface area (Å²) in [6, 6.07) is 22.1. The lowest BCUT2D eigenvalue weighted by Crippen LogP contribution is -2.40. The van der Waals surface area contributed by atoms with E-state index in [4.69, 9.17) is 0 Å². The van der Waals surface area contributed by atoms with E-state index in [1.165, 1.54) is 34.3 Å². The maximum atomic E-state index is 15.7. The van der Waals surface area contributed by atoms with Crippen molar-refractivity contribution in [3.05, 3.63) is 136 Å². The largest absolute Gasteiger partial charge is 0.364 e. The Morgan fingerprint density at radius 2 is 1.44 bits per heavy atom. The fraction of sp³-hybridized carbons (Fsp3) is 0.409. The van der Waals surface area contributed by atoms with E-state index in [-0.39, 0.29) is 16.9 Å². The van der Waals surface area contributed by atoms with E-state index in [1.807, 2.05) is 13.8 Å². The van der Waals surface area contributed by atoms with Crippen LogP contribution in [0.3, 0.4) is 0 Å². The van der Waals surface area contributed by atoms with Crippen molar-refractivity contribution >= 4 is 16.9 Å². The van der Waals surface area contributed by atoms with E-state index in [0.29, 0.717) is 5.56 Å². The lowest BCUT2D eigenvalue weighted by molar-refractivity contribution is 0.473. The second kappa shape index (κ2) is 14.7. The van der Waals surface area contributed by atoms with Crippen LogP contribution in [0.1, 0.15) is 104 Å². The predicted octanol–water partition coefficient (Wildman–Crippen LogP) is 12.1. The first-order valence-corrected chi connectivity index (χ1v) is 18.1. The van der Waals surface area contributed by atoms with Gasteiger partial charge in [0.1, 0.15) is 0 Å². The summed E-state index contributed by atoms with van der Waals surface area (Å²) in [7, 11) is 0. The number of allylic oxidation sites excluding steroid dienone is 7. The van der Waals surface area contributed by atoms with Gasteiger partial charge in [-0.05, 0) is 84.2 Å². The third-order valence-corrected chi connectivity index (χ3v) is 10.4. The summed E-state index contributed by atoms with van der Waals surface area (Å²) < 4.78 is 30.4. The third kappa shape index (κ3) is 6.31. The molecule has 4 heteroatoms. The summed E-state index contributed by atoms with van der Waals surface area (Å²) in [5.74, 6) is -1.58. The molecule has 3 aliphatic rings. The number of fused-ring (bicyclic) bond motifs is 2. The Morgan fingerprint density at radius 1 is 0.771 bits per heavy atom. The molecule has 0 radical (unpaired) electrons. The summed E-state index contributed by atoms with van der Waals surface area (Å²) in [5.41, 5.74) is 9.54. The van der Waals surface area contributed by atoms with E-state index < -0.39 is 11.6 Å². The van der Waals surface area contributed by atoms with Crippen LogP contribution in [0.15, 0.2) is 108 Å². The van der Waals surface area contributed by atoms with Crippen LogP contribution >= 0.6 is 0 Å². The summed E-state index contributed by atoms with van der Waals surface area (Å²) in [6.07, 6.45) is 13.7. The first-order chi connectivity index (χ1) is 23.1. The SMILES string of the molecule is CC.CCCN1/C(=C/C=C2\CCCC(/C=C/C3N(CCC)c4ccccc4C3(C)C)=C2c2cccc(F)c2F)C(C)(C)c2ccccc21. The maximum Gasteiger partial charge on any atom is 0.166 e. The topological polar surface area (TPSA) is 6.48 Å². The van der Waals surface area contributed by atoms with E-state index in [1.54, 1.807) is 12.1 Å². The van der Waals surface area contributed by atoms with Crippen LogP contribution in [0.5, 0.6) is 0 Å². The third-order valence-electron chi connectivity index (χ3n) is 10.4. The highest BCUT2D eigenvalue weighted by Crippen LogP contribution is 2.49. The van der Waals surface area contributed by atoms with Crippen molar-refractivity contribution in [2.45, 2.75) is 104 Å². The van der Waals surface area contributed by atoms with E-state index in [2.05, 4.69) is 124 Å². The molecule has 0 fully saturated rings. The Bertz CT molecular complexity index is 1740. The minimum absolute atomic E-state index is 0.0867. The zero-order chi connectivity index (χ0) is 34.6. The Hall–Kier alpha value is -3.92. The molecular formula is C44H54F2N2. The highest BCUT2D eigenvalue weighted by atomic mass is 19.2. The summed E-state index contributed by atoms with van der Waals surface area (Å²) in [5, 5.41) is 0. The molecule has 48 heavy (non-hydrogen) atoms. The van der Waals surface area contributed by atoms with Gasteiger partial charge in [-0.3, -0.25) is 0 Å². The average Bonchev–Trinajstić information content (AvgIpc) is 3.44. The predicted molar refractivity (Wildman–Crippen MR) is 202 cm³/mol. The average molecular weight is 649 g/mol. The number of nitrogens with zero attached hydrogens (tertiary/aromatic N) is 2. The second-order valence-corrected chi connectivity index (χ2v) is 14.1. The molecule has 1 atom stereocenters. The van der Waals surface area contributed by atoms with E-state index in [9.17, 15) is 4.39 Å². The first kappa shape index (κ1) is 35.4. The van der Waals surface area contributed by atoms with E-state index >= 15 is 4.39 Å². The molecule has 0 spiro atoms. The smallest absolute Gasteiger partial charge is 0.166 e. The summed E-state index contributed by atoms with van der Waals surface area (Å²) in [4.78, 5) is 4.95. The maximum absolute atomic E-state index is 15.7. The number of hydrogen-bond donors (Lipinski definition) is 0. The number of hydrogen-bond acceptors (Lipinski definition) is 2. The Balaban J connectivity index is 0.00000221. The number of anilines is 2. The van der Waals surface area contributed by atoms with Crippen molar-refractivity contribution in [3.63, 3.8) is 0 Å². The number of benzene rings is 3. The van der Waals surface area contributed by atoms with Crippen LogP contribution in [0.2, 0.25) is 0 Å². The molecule has 0 amide bonds. The van der Waals surface area contributed by atoms with Gasteiger partial charge in [-0.15, -0.1) is 0 Å². The van der Waals surface area contributed by atoms with Crippen molar-refractivity contribution in [1.29, 1.82) is 0 Å². The molecule has 2 aliphatic heterocycles. The van der Waals surface area contributed by atoms with Crippen LogP contribution in [-0.4, -0.2) is 19.1 Å². The normalized spacial score (nSPS) is 21.2. The van der Waals surface area contributed by atoms with Crippen molar-refractivity contribution in [2.24, 2.45) is 0 Å². The standard InChI is InChI=1S/C42H48F2N2.C2H6/c1-7-27-45-35-21-11-9-18-32(35)41(3,4)37(45)25-23-29-15-13-16-30(39(29)31-17-14-20-34(43)40(31)44)24-26-38-42(5,6)33-19-10-12-22-36(33)46(38)28-8-2;1-2/h9-12,14,17-26,37H,7-8,13,15-16,27-28H2,1-6H3;1-2H3/b25-23+,30-24+,38-26+;. The van der Waals surface area contributed by atoms with Crippen molar-refractivity contribution in [2.75, 3.05) is 22.9 Å². The van der Waals surface area contributed by atoms with Crippen LogP contribution in [0, 0.1) is 11.6 Å². The number of halogens is 2. The van der Waals surface area contributed by atoms with Gasteiger partial charge < -0.3 is 9.80 Å². The minimum atomic E-state index is -0.806. The lowest BCUT2D eigenvalue weighted by Gasteiger charge is -2.32. The van der Waals surface area contributed by atoms with Crippen molar-refractivity contribution in [1.82, 2.24) is 0 Å². The van der Waals surface area contributed by atoms with Gasteiger partial charge in [0.25, 0.3) is 0 Å². The van der Waals surface area contributed by atoms with Gasteiger partial charge in [-0.25, -0.2) is 8.78 Å². The second-order valence-electron chi connectivity index (χ2n) is 14.1. The molecule has 3 aromatic carbocycles. The summed E-state index contributed by atoms with van der Waals surface area (Å²) >= 11 is 0. The molecule has 1 unspecified atom stereocenters. The number of rotatable bonds is 8. The molecular weight excluding hydrogens is 594 g/mol. The van der Waals surface area contributed by atoms with Crippen LogP contribution < -0.4 is 9.80 Å². The minimum Gasteiger partial charge on any atom is -0.364 e. The Labute approximate surface area is 288 Å². The highest BCUT2D eigenvalue weighted by Gasteiger charge is 2.43. The Morgan fingerprint density at radius 3 is 2.15 bits per heavy atom.